The van der Waals surface area contributed by atoms with Gasteiger partial charge in [-0.2, -0.15) is 5.10 Å². The van der Waals surface area contributed by atoms with Gasteiger partial charge in [0.2, 0.25) is 0 Å². The van der Waals surface area contributed by atoms with Gasteiger partial charge in [-0.1, -0.05) is 48.5 Å². The molecule has 1 amide bonds. The van der Waals surface area contributed by atoms with E-state index in [1.165, 1.54) is 0 Å². The average molecular weight is 491 g/mol. The van der Waals surface area contributed by atoms with Crippen LogP contribution in [-0.2, 0) is 35.6 Å². The first-order valence-electron chi connectivity index (χ1n) is 12.2. The second-order valence-corrected chi connectivity index (χ2v) is 8.68. The number of carbonyl (C=O) groups excluding carboxylic acids is 1. The maximum Gasteiger partial charge on any atom is 0.410 e. The van der Waals surface area contributed by atoms with Gasteiger partial charge in [-0.15, -0.1) is 6.58 Å². The summed E-state index contributed by atoms with van der Waals surface area (Å²) in [6.07, 6.45) is 2.36. The molecule has 0 saturated heterocycles. The van der Waals surface area contributed by atoms with Crippen molar-refractivity contribution in [3.05, 3.63) is 89.8 Å². The first-order valence-corrected chi connectivity index (χ1v) is 12.2. The van der Waals surface area contributed by atoms with Gasteiger partial charge in [0.1, 0.15) is 18.0 Å². The summed E-state index contributed by atoms with van der Waals surface area (Å²) in [5.74, 6) is 0.751. The van der Waals surface area contributed by atoms with Crippen molar-refractivity contribution in [2.75, 3.05) is 40.5 Å². The van der Waals surface area contributed by atoms with Gasteiger partial charge in [-0.3, -0.25) is 9.80 Å². The number of rotatable bonds is 11. The summed E-state index contributed by atoms with van der Waals surface area (Å²) in [6.45, 7) is 7.68. The summed E-state index contributed by atoms with van der Waals surface area (Å²) in [4.78, 5) is 17.1. The summed E-state index contributed by atoms with van der Waals surface area (Å²) in [7, 11) is 3.29. The lowest BCUT2D eigenvalue weighted by molar-refractivity contribution is 0.0790. The topological polar surface area (TPSA) is 69.1 Å². The molecular formula is C28H34N4O4. The highest BCUT2D eigenvalue weighted by Gasteiger charge is 2.28. The van der Waals surface area contributed by atoms with Gasteiger partial charge in [0.25, 0.3) is 0 Å². The van der Waals surface area contributed by atoms with Crippen LogP contribution in [-0.4, -0.2) is 66.1 Å². The van der Waals surface area contributed by atoms with Gasteiger partial charge in [0.15, 0.2) is 0 Å². The van der Waals surface area contributed by atoms with Crippen LogP contribution >= 0.6 is 0 Å². The highest BCUT2D eigenvalue weighted by Crippen LogP contribution is 2.30. The van der Waals surface area contributed by atoms with E-state index in [0.717, 1.165) is 60.0 Å². The second-order valence-electron chi connectivity index (χ2n) is 8.68. The fraction of sp³-hybridized carbons (Fsp3) is 0.357. The van der Waals surface area contributed by atoms with Crippen LogP contribution in [0.2, 0.25) is 0 Å². The summed E-state index contributed by atoms with van der Waals surface area (Å²) in [5, 5.41) is 5.01. The number of para-hydroxylation sites is 2. The number of nitrogens with zero attached hydrogens (tertiary/aromatic N) is 4. The van der Waals surface area contributed by atoms with Crippen LogP contribution < -0.4 is 4.74 Å². The van der Waals surface area contributed by atoms with E-state index in [0.29, 0.717) is 19.7 Å². The van der Waals surface area contributed by atoms with Crippen molar-refractivity contribution in [3.8, 4) is 11.4 Å². The first kappa shape index (κ1) is 25.5. The normalized spacial score (nSPS) is 13.2. The maximum absolute atomic E-state index is 13.1. The van der Waals surface area contributed by atoms with E-state index >= 15 is 0 Å². The van der Waals surface area contributed by atoms with Gasteiger partial charge in [-0.25, -0.2) is 9.48 Å². The molecule has 36 heavy (non-hydrogen) atoms. The Morgan fingerprint density at radius 2 is 1.92 bits per heavy atom. The van der Waals surface area contributed by atoms with Crippen molar-refractivity contribution in [2.24, 2.45) is 0 Å². The fourth-order valence-electron chi connectivity index (χ4n) is 4.44. The molecule has 2 aromatic carbocycles. The van der Waals surface area contributed by atoms with Crippen LogP contribution in [0, 0.1) is 0 Å². The third-order valence-corrected chi connectivity index (χ3v) is 6.29. The van der Waals surface area contributed by atoms with Crippen LogP contribution in [0.15, 0.2) is 67.3 Å². The van der Waals surface area contributed by atoms with Crippen molar-refractivity contribution in [1.29, 1.82) is 0 Å². The molecule has 0 aliphatic carbocycles. The predicted octanol–water partition coefficient (Wildman–Crippen LogP) is 4.21. The lowest BCUT2D eigenvalue weighted by Crippen LogP contribution is -2.35. The van der Waals surface area contributed by atoms with E-state index < -0.39 is 6.09 Å². The largest absolute Gasteiger partial charge is 0.494 e. The quantitative estimate of drug-likeness (QED) is 0.375. The van der Waals surface area contributed by atoms with Gasteiger partial charge < -0.3 is 14.2 Å². The van der Waals surface area contributed by atoms with E-state index in [1.54, 1.807) is 19.1 Å². The van der Waals surface area contributed by atoms with Crippen molar-refractivity contribution in [3.63, 3.8) is 0 Å². The van der Waals surface area contributed by atoms with Crippen molar-refractivity contribution in [1.82, 2.24) is 19.6 Å². The number of fused-ring (bicyclic) bond motifs is 1. The third kappa shape index (κ3) is 5.95. The maximum atomic E-state index is 13.1. The van der Waals surface area contributed by atoms with Crippen LogP contribution in [0.3, 0.4) is 0 Å². The molecule has 2 heterocycles. The highest BCUT2D eigenvalue weighted by molar-refractivity contribution is 5.67. The van der Waals surface area contributed by atoms with E-state index in [2.05, 4.69) is 11.5 Å². The molecule has 0 bridgehead atoms. The van der Waals surface area contributed by atoms with Crippen molar-refractivity contribution in [2.45, 2.75) is 26.1 Å². The lowest BCUT2D eigenvalue weighted by Gasteiger charge is -2.27. The Hall–Kier alpha value is -3.62. The first-order chi connectivity index (χ1) is 17.6. The number of hydrogen-bond donors (Lipinski definition) is 0. The summed E-state index contributed by atoms with van der Waals surface area (Å²) in [6, 6.07) is 17.5. The number of amides is 1. The number of methoxy groups -OCH3 is 2. The summed E-state index contributed by atoms with van der Waals surface area (Å²) >= 11 is 0. The van der Waals surface area contributed by atoms with E-state index in [9.17, 15) is 4.79 Å². The molecule has 1 aliphatic heterocycles. The minimum absolute atomic E-state index is 0.212. The Labute approximate surface area is 212 Å². The van der Waals surface area contributed by atoms with Crippen LogP contribution in [0.25, 0.3) is 5.69 Å². The molecule has 0 spiro atoms. The van der Waals surface area contributed by atoms with E-state index in [-0.39, 0.29) is 6.61 Å². The summed E-state index contributed by atoms with van der Waals surface area (Å²) in [5.41, 5.74) is 4.94. The molecule has 1 aromatic heterocycles. The molecule has 190 valence electrons. The number of carbonyl (C=O) groups is 1. The molecule has 0 fully saturated rings. The van der Waals surface area contributed by atoms with Crippen LogP contribution in [0.4, 0.5) is 4.79 Å². The Morgan fingerprint density at radius 3 is 2.67 bits per heavy atom. The van der Waals surface area contributed by atoms with Gasteiger partial charge in [0, 0.05) is 45.3 Å². The molecule has 3 aromatic rings. The third-order valence-electron chi connectivity index (χ3n) is 6.29. The van der Waals surface area contributed by atoms with E-state index in [4.69, 9.17) is 19.3 Å². The molecule has 0 unspecified atom stereocenters. The number of aromatic nitrogens is 2. The molecule has 4 rings (SSSR count). The Kier molecular flexibility index (Phi) is 8.76. The SMILES string of the molecule is C=CCN1CCc2c(c(CN(CCOC)C(=O)OCc3ccccc3)nn2-c2ccccc2OC)C1. The molecule has 0 saturated carbocycles. The molecular weight excluding hydrogens is 456 g/mol. The second kappa shape index (κ2) is 12.4. The van der Waals surface area contributed by atoms with Crippen molar-refractivity contribution >= 4 is 6.09 Å². The predicted molar refractivity (Wildman–Crippen MR) is 138 cm³/mol. The zero-order valence-electron chi connectivity index (χ0n) is 21.1. The molecule has 0 N–H and O–H groups in total. The minimum atomic E-state index is -0.393. The standard InChI is InChI=1S/C28H34N4O4/c1-4-15-30-16-14-25-23(19-30)24(29-32(25)26-12-8-9-13-27(26)35-3)20-31(17-18-34-2)28(33)36-21-22-10-6-5-7-11-22/h4-13H,1,14-21H2,2-3H3. The van der Waals surface area contributed by atoms with Crippen molar-refractivity contribution < 1.29 is 19.0 Å². The zero-order valence-corrected chi connectivity index (χ0v) is 21.1. The number of benzene rings is 2. The molecule has 0 atom stereocenters. The number of ether oxygens (including phenoxy) is 3. The monoisotopic (exact) mass is 490 g/mol. The van der Waals surface area contributed by atoms with Crippen LogP contribution in [0.5, 0.6) is 5.75 Å². The molecule has 0 radical (unpaired) electrons. The van der Waals surface area contributed by atoms with Gasteiger partial charge in [-0.05, 0) is 17.7 Å². The van der Waals surface area contributed by atoms with Gasteiger partial charge in [0.05, 0.1) is 31.6 Å². The molecule has 8 nitrogen and oxygen atoms in total. The summed E-state index contributed by atoms with van der Waals surface area (Å²) < 4.78 is 18.5. The highest BCUT2D eigenvalue weighted by atomic mass is 16.6. The smallest absolute Gasteiger partial charge is 0.410 e. The molecule has 8 heteroatoms. The zero-order chi connectivity index (χ0) is 25.3. The Bertz CT molecular complexity index is 1160. The lowest BCUT2D eigenvalue weighted by atomic mass is 10.0. The average Bonchev–Trinajstić information content (AvgIpc) is 3.27. The molecule has 1 aliphatic rings. The Balaban J connectivity index is 1.63. The van der Waals surface area contributed by atoms with E-state index in [1.807, 2.05) is 65.4 Å². The Morgan fingerprint density at radius 1 is 1.14 bits per heavy atom. The van der Waals surface area contributed by atoms with Gasteiger partial charge >= 0.3 is 6.09 Å². The van der Waals surface area contributed by atoms with Crippen LogP contribution in [0.1, 0.15) is 22.5 Å². The fourth-order valence-corrected chi connectivity index (χ4v) is 4.44. The minimum Gasteiger partial charge on any atom is -0.494 e. The number of hydrogen-bond acceptors (Lipinski definition) is 6.